The fourth-order valence-electron chi connectivity index (χ4n) is 10.3. The summed E-state index contributed by atoms with van der Waals surface area (Å²) in [5, 5.41) is 31.2. The van der Waals surface area contributed by atoms with Gasteiger partial charge in [0.25, 0.3) is 0 Å². The zero-order chi connectivity index (χ0) is 53.9. The van der Waals surface area contributed by atoms with Crippen molar-refractivity contribution in [1.29, 1.82) is 0 Å². The molecule has 1 saturated heterocycles. The predicted octanol–water partition coefficient (Wildman–Crippen LogP) is 15.0. The largest absolute Gasteiger partial charge is 0.462 e. The maximum absolute atomic E-state index is 14.0. The van der Waals surface area contributed by atoms with E-state index in [1.165, 1.54) is 64.8 Å². The van der Waals surface area contributed by atoms with Gasteiger partial charge in [-0.25, -0.2) is 0 Å². The number of fused-ring (bicyclic) bond motifs is 2. The van der Waals surface area contributed by atoms with Crippen LogP contribution < -0.4 is 5.32 Å². The van der Waals surface area contributed by atoms with E-state index in [0.29, 0.717) is 12.8 Å². The number of unbranched alkanes of at least 4 members (excludes halogenated alkanes) is 18. The molecule has 75 heavy (non-hydrogen) atoms. The second kappa shape index (κ2) is 33.2. The lowest BCUT2D eigenvalue weighted by Gasteiger charge is -2.44. The number of hydrogen-bond acceptors (Lipinski definition) is 9. The van der Waals surface area contributed by atoms with E-state index in [1.807, 2.05) is 0 Å². The lowest BCUT2D eigenvalue weighted by molar-refractivity contribution is -0.258. The van der Waals surface area contributed by atoms with Crippen molar-refractivity contribution in [2.24, 2.45) is 0 Å². The molecule has 1 heterocycles. The maximum atomic E-state index is 14.0. The Kier molecular flexibility index (Phi) is 27.3. The SMILES string of the molecule is CCCCCCCCCCC[C@@H](CC(=O)N[C@H]1C(O)O[C@H](CO[Si](C)(C)C(C)(C)C)[C@@H](O)[C@@H]1OC(=O)CCCCCCCCc1cccc2ccccc12)OC(=O)CCCCCCCCc1cccc2ccccc12. The highest BCUT2D eigenvalue weighted by atomic mass is 28.4. The lowest BCUT2D eigenvalue weighted by atomic mass is 9.96. The first-order valence-electron chi connectivity index (χ1n) is 29.4. The minimum absolute atomic E-state index is 0.00735. The summed E-state index contributed by atoms with van der Waals surface area (Å²) in [6, 6.07) is 28.9. The minimum atomic E-state index is -2.29. The Balaban J connectivity index is 1.11. The van der Waals surface area contributed by atoms with Gasteiger partial charge in [-0.15, -0.1) is 0 Å². The van der Waals surface area contributed by atoms with Crippen molar-refractivity contribution < 1.29 is 43.2 Å². The average Bonchev–Trinajstić information content (AvgIpc) is 3.38. The molecule has 5 rings (SSSR count). The van der Waals surface area contributed by atoms with Crippen LogP contribution in [0.5, 0.6) is 0 Å². The molecule has 0 aromatic heterocycles. The number of carbonyl (C=O) groups excluding carboxylic acids is 3. The first kappa shape index (κ1) is 61.7. The number of aliphatic hydroxyl groups excluding tert-OH is 2. The van der Waals surface area contributed by atoms with Gasteiger partial charge in [-0.3, -0.25) is 14.4 Å². The second-order valence-corrected chi connectivity index (χ2v) is 27.9. The third-order valence-electron chi connectivity index (χ3n) is 16.0. The monoisotopic (exact) mass is 1050 g/mol. The predicted molar refractivity (Wildman–Crippen MR) is 308 cm³/mol. The van der Waals surface area contributed by atoms with Gasteiger partial charge in [-0.2, -0.15) is 0 Å². The molecule has 6 atom stereocenters. The molecule has 10 nitrogen and oxygen atoms in total. The van der Waals surface area contributed by atoms with E-state index in [-0.39, 0.29) is 36.9 Å². The molecule has 0 spiro atoms. The molecule has 0 radical (unpaired) electrons. The number of aliphatic hydroxyl groups is 2. The van der Waals surface area contributed by atoms with Gasteiger partial charge in [0, 0.05) is 12.8 Å². The van der Waals surface area contributed by atoms with Crippen LogP contribution >= 0.6 is 0 Å². The van der Waals surface area contributed by atoms with E-state index in [9.17, 15) is 24.6 Å². The van der Waals surface area contributed by atoms with Crippen LogP contribution in [0.2, 0.25) is 18.1 Å². The van der Waals surface area contributed by atoms with Crippen molar-refractivity contribution in [2.75, 3.05) is 6.61 Å². The number of nitrogens with one attached hydrogen (secondary N) is 1. The topological polar surface area (TPSA) is 141 Å². The van der Waals surface area contributed by atoms with Gasteiger partial charge in [0.05, 0.1) is 13.0 Å². The number of hydrogen-bond donors (Lipinski definition) is 3. The summed E-state index contributed by atoms with van der Waals surface area (Å²) in [4.78, 5) is 40.8. The molecule has 1 aliphatic heterocycles. The molecule has 4 aromatic rings. The lowest BCUT2D eigenvalue weighted by Crippen LogP contribution is -2.65. The van der Waals surface area contributed by atoms with E-state index in [2.05, 4.69) is 131 Å². The molecule has 1 amide bonds. The van der Waals surface area contributed by atoms with Crippen LogP contribution in [0.4, 0.5) is 0 Å². The normalized spacial score (nSPS) is 18.5. The molecular formula is C64H97NO9Si. The Morgan fingerprint density at radius 3 is 1.61 bits per heavy atom. The van der Waals surface area contributed by atoms with Crippen molar-refractivity contribution in [2.45, 2.75) is 256 Å². The number of esters is 2. The van der Waals surface area contributed by atoms with E-state index in [4.69, 9.17) is 18.6 Å². The van der Waals surface area contributed by atoms with Crippen molar-refractivity contribution in [1.82, 2.24) is 5.32 Å². The Morgan fingerprint density at radius 2 is 1.08 bits per heavy atom. The summed E-state index contributed by atoms with van der Waals surface area (Å²) in [6.07, 6.45) is 19.1. The van der Waals surface area contributed by atoms with Crippen LogP contribution in [0.3, 0.4) is 0 Å². The highest BCUT2D eigenvalue weighted by Crippen LogP contribution is 2.37. The molecular weight excluding hydrogens is 955 g/mol. The number of carbonyl (C=O) groups is 3. The zero-order valence-corrected chi connectivity index (χ0v) is 48.1. The average molecular weight is 1050 g/mol. The Bertz CT molecular complexity index is 2270. The molecule has 4 aromatic carbocycles. The summed E-state index contributed by atoms with van der Waals surface area (Å²) in [5.41, 5.74) is 2.78. The van der Waals surface area contributed by atoms with Gasteiger partial charge in [-0.1, -0.05) is 215 Å². The molecule has 416 valence electrons. The highest BCUT2D eigenvalue weighted by molar-refractivity contribution is 6.74. The van der Waals surface area contributed by atoms with Gasteiger partial charge in [0.2, 0.25) is 5.91 Å². The first-order chi connectivity index (χ1) is 36.2. The molecule has 0 saturated carbocycles. The van der Waals surface area contributed by atoms with Crippen LogP contribution in [0.25, 0.3) is 21.5 Å². The molecule has 0 aliphatic carbocycles. The molecule has 1 aliphatic rings. The Morgan fingerprint density at radius 1 is 0.613 bits per heavy atom. The Labute approximate surface area is 452 Å². The maximum Gasteiger partial charge on any atom is 0.306 e. The summed E-state index contributed by atoms with van der Waals surface area (Å²) in [7, 11) is -2.29. The smallest absolute Gasteiger partial charge is 0.306 e. The second-order valence-electron chi connectivity index (χ2n) is 23.1. The number of ether oxygens (including phenoxy) is 3. The molecule has 3 N–H and O–H groups in total. The van der Waals surface area contributed by atoms with Crippen LogP contribution in [-0.2, 0) is 45.9 Å². The number of benzene rings is 4. The fourth-order valence-corrected chi connectivity index (χ4v) is 11.3. The van der Waals surface area contributed by atoms with Gasteiger partial charge in [0.1, 0.15) is 24.4 Å². The summed E-state index contributed by atoms with van der Waals surface area (Å²) in [6.45, 7) is 12.8. The summed E-state index contributed by atoms with van der Waals surface area (Å²) >= 11 is 0. The van der Waals surface area contributed by atoms with Crippen molar-refractivity contribution in [3.05, 3.63) is 96.1 Å². The van der Waals surface area contributed by atoms with Crippen molar-refractivity contribution >= 4 is 47.7 Å². The third kappa shape index (κ3) is 21.7. The fraction of sp³-hybridized carbons (Fsp3) is 0.641. The Hall–Kier alpha value is -4.13. The number of amides is 1. The number of rotatable bonds is 36. The van der Waals surface area contributed by atoms with Gasteiger partial charge >= 0.3 is 11.9 Å². The van der Waals surface area contributed by atoms with E-state index < -0.39 is 56.9 Å². The number of aryl methyl sites for hydroxylation is 2. The van der Waals surface area contributed by atoms with Crippen molar-refractivity contribution in [3.63, 3.8) is 0 Å². The van der Waals surface area contributed by atoms with E-state index in [0.717, 1.165) is 109 Å². The van der Waals surface area contributed by atoms with Crippen LogP contribution in [0.15, 0.2) is 84.9 Å². The van der Waals surface area contributed by atoms with Crippen LogP contribution in [0.1, 0.15) is 199 Å². The summed E-state index contributed by atoms with van der Waals surface area (Å²) < 4.78 is 24.4. The quantitative estimate of drug-likeness (QED) is 0.0231. The van der Waals surface area contributed by atoms with Crippen molar-refractivity contribution in [3.8, 4) is 0 Å². The first-order valence-corrected chi connectivity index (χ1v) is 32.3. The van der Waals surface area contributed by atoms with Gasteiger partial charge in [-0.05, 0) is 102 Å². The zero-order valence-electron chi connectivity index (χ0n) is 47.1. The van der Waals surface area contributed by atoms with E-state index in [1.54, 1.807) is 0 Å². The van der Waals surface area contributed by atoms with Gasteiger partial charge in [0.15, 0.2) is 20.7 Å². The van der Waals surface area contributed by atoms with Gasteiger partial charge < -0.3 is 34.2 Å². The molecule has 1 unspecified atom stereocenters. The molecule has 11 heteroatoms. The highest BCUT2D eigenvalue weighted by Gasteiger charge is 2.49. The van der Waals surface area contributed by atoms with Crippen LogP contribution in [0, 0.1) is 0 Å². The standard InChI is InChI=1S/C64H97NO9Si/c1-7-8-9-10-11-12-13-20-25-42-53(72-58(67)45-26-21-16-14-18-23-34-49-38-32-40-51-36-28-30-43-54(49)51)47-57(66)65-60-62(61(69)56(73-63(60)70)48-71-75(5,6)64(2,3)4)74-59(68)46-27-22-17-15-19-24-35-50-39-33-41-52-37-29-31-44-55(50)52/h28-33,36-41,43-44,53,56,60-63,69-70H,7-27,34-35,42,45-48H2,1-6H3,(H,65,66)/t53-,56+,60+,61+,62+,63?/m0/s1. The third-order valence-corrected chi connectivity index (χ3v) is 20.5. The molecule has 1 fully saturated rings. The summed E-state index contributed by atoms with van der Waals surface area (Å²) in [5.74, 6) is -1.30. The molecule has 0 bridgehead atoms. The van der Waals surface area contributed by atoms with E-state index >= 15 is 0 Å². The van der Waals surface area contributed by atoms with Crippen LogP contribution in [-0.4, -0.2) is 79.7 Å². The minimum Gasteiger partial charge on any atom is -0.462 e.